The molecule has 0 radical (unpaired) electrons. The zero-order valence-electron chi connectivity index (χ0n) is 27.1. The van der Waals surface area contributed by atoms with E-state index in [9.17, 15) is 0 Å². The molecule has 0 saturated heterocycles. The number of benzene rings is 7. The zero-order chi connectivity index (χ0) is 32.9. The molecule has 10 rings (SSSR count). The second-order valence-corrected chi connectivity index (χ2v) is 13.6. The Morgan fingerprint density at radius 1 is 0.633 bits per heavy atom. The van der Waals surface area contributed by atoms with E-state index < -0.39 is 0 Å². The minimum absolute atomic E-state index is 0.129. The van der Waals surface area contributed by atoms with E-state index in [0.29, 0.717) is 5.69 Å². The lowest BCUT2D eigenvalue weighted by Gasteiger charge is -2.29. The first kappa shape index (κ1) is 27.7. The lowest BCUT2D eigenvalue weighted by molar-refractivity contribution is 0.660. The van der Waals surface area contributed by atoms with Crippen molar-refractivity contribution in [2.24, 2.45) is 0 Å². The first-order valence-electron chi connectivity index (χ1n) is 16.7. The second-order valence-electron chi connectivity index (χ2n) is 13.6. The normalized spacial score (nSPS) is 13.2. The Morgan fingerprint density at radius 3 is 2.27 bits per heavy atom. The molecule has 0 N–H and O–H groups in total. The monoisotopic (exact) mass is 626 g/mol. The van der Waals surface area contributed by atoms with Crippen molar-refractivity contribution in [2.75, 3.05) is 4.90 Å². The molecule has 0 spiro atoms. The summed E-state index contributed by atoms with van der Waals surface area (Å²) in [6.45, 7) is 12.2. The summed E-state index contributed by atoms with van der Waals surface area (Å²) in [5.74, 6) is 0. The maximum absolute atomic E-state index is 7.59. The number of pyridine rings is 1. The van der Waals surface area contributed by atoms with Gasteiger partial charge in [-0.2, -0.15) is 0 Å². The average molecular weight is 627 g/mol. The van der Waals surface area contributed by atoms with Gasteiger partial charge < -0.3 is 9.47 Å². The second kappa shape index (κ2) is 10.0. The first-order valence-corrected chi connectivity index (χ1v) is 16.7. The predicted molar refractivity (Wildman–Crippen MR) is 203 cm³/mol. The van der Waals surface area contributed by atoms with E-state index in [4.69, 9.17) is 11.6 Å². The molecule has 0 unspecified atom stereocenters. The highest BCUT2D eigenvalue weighted by Crippen LogP contribution is 2.52. The molecule has 9 aromatic rings. The molecule has 0 saturated carbocycles. The highest BCUT2D eigenvalue weighted by molar-refractivity contribution is 6.27. The van der Waals surface area contributed by atoms with E-state index in [1.54, 1.807) is 0 Å². The molecule has 0 bridgehead atoms. The molecule has 0 atom stereocenters. The molecule has 4 heteroatoms. The maximum Gasteiger partial charge on any atom is 0.187 e. The van der Waals surface area contributed by atoms with Crippen LogP contribution in [0.4, 0.5) is 22.7 Å². The fourth-order valence-electron chi connectivity index (χ4n) is 8.26. The first-order chi connectivity index (χ1) is 24.0. The number of hydrogen-bond donors (Lipinski definition) is 0. The van der Waals surface area contributed by atoms with E-state index in [1.165, 1.54) is 43.8 Å². The van der Waals surface area contributed by atoms with Gasteiger partial charge >= 0.3 is 0 Å². The molecule has 1 aliphatic carbocycles. The van der Waals surface area contributed by atoms with Crippen LogP contribution in [0.1, 0.15) is 25.0 Å². The van der Waals surface area contributed by atoms with Gasteiger partial charge in [0.15, 0.2) is 5.69 Å². The molecule has 2 aromatic heterocycles. The van der Waals surface area contributed by atoms with Crippen LogP contribution in [0.15, 0.2) is 146 Å². The van der Waals surface area contributed by atoms with E-state index >= 15 is 0 Å². The van der Waals surface area contributed by atoms with Crippen molar-refractivity contribution < 1.29 is 0 Å². The van der Waals surface area contributed by atoms with Crippen LogP contribution in [0.2, 0.25) is 0 Å². The minimum atomic E-state index is -0.129. The van der Waals surface area contributed by atoms with Crippen molar-refractivity contribution in [3.63, 3.8) is 0 Å². The van der Waals surface area contributed by atoms with Gasteiger partial charge in [0.1, 0.15) is 0 Å². The fourth-order valence-corrected chi connectivity index (χ4v) is 8.26. The largest absolute Gasteiger partial charge is 0.310 e. The Bertz CT molecular complexity index is 2810. The number of para-hydroxylation sites is 1. The van der Waals surface area contributed by atoms with Crippen molar-refractivity contribution in [2.45, 2.75) is 19.3 Å². The molecule has 0 aliphatic heterocycles. The summed E-state index contributed by atoms with van der Waals surface area (Å²) in [5, 5.41) is 5.98. The van der Waals surface area contributed by atoms with Crippen LogP contribution in [0.3, 0.4) is 0 Å². The number of fused-ring (bicyclic) bond motifs is 4. The lowest BCUT2D eigenvalue weighted by Crippen LogP contribution is -2.16. The van der Waals surface area contributed by atoms with E-state index in [-0.39, 0.29) is 5.41 Å². The van der Waals surface area contributed by atoms with Crippen LogP contribution in [-0.2, 0) is 5.41 Å². The quantitative estimate of drug-likeness (QED) is 0.143. The smallest absolute Gasteiger partial charge is 0.187 e. The van der Waals surface area contributed by atoms with Gasteiger partial charge in [-0.15, -0.1) is 0 Å². The average Bonchev–Trinajstić information content (AvgIpc) is 3.61. The summed E-state index contributed by atoms with van der Waals surface area (Å²) < 4.78 is 2.36. The number of rotatable bonds is 4. The Balaban J connectivity index is 1.24. The lowest BCUT2D eigenvalue weighted by atomic mass is 9.82. The fraction of sp³-hybridized carbons (Fsp3) is 0.0667. The Labute approximate surface area is 284 Å². The number of hydrogen-bond acceptors (Lipinski definition) is 2. The van der Waals surface area contributed by atoms with Crippen molar-refractivity contribution >= 4 is 66.2 Å². The van der Waals surface area contributed by atoms with Crippen molar-refractivity contribution in [3.05, 3.63) is 168 Å². The summed E-state index contributed by atoms with van der Waals surface area (Å²) >= 11 is 0. The summed E-state index contributed by atoms with van der Waals surface area (Å²) in [4.78, 5) is 10.9. The molecule has 4 nitrogen and oxygen atoms in total. The van der Waals surface area contributed by atoms with Crippen LogP contribution in [0, 0.1) is 6.57 Å². The van der Waals surface area contributed by atoms with Gasteiger partial charge in [-0.05, 0) is 82.2 Å². The van der Waals surface area contributed by atoms with Gasteiger partial charge in [0.2, 0.25) is 0 Å². The highest BCUT2D eigenvalue weighted by Gasteiger charge is 2.36. The van der Waals surface area contributed by atoms with Crippen LogP contribution in [0.5, 0.6) is 0 Å². The molecular formula is C45H30N4. The zero-order valence-corrected chi connectivity index (χ0v) is 27.1. The molecule has 2 heterocycles. The summed E-state index contributed by atoms with van der Waals surface area (Å²) in [7, 11) is 0. The molecule has 7 aromatic carbocycles. The molecule has 1 aliphatic rings. The van der Waals surface area contributed by atoms with Crippen molar-refractivity contribution in [3.8, 4) is 16.8 Å². The Kier molecular flexibility index (Phi) is 5.66. The van der Waals surface area contributed by atoms with Crippen LogP contribution in [-0.4, -0.2) is 9.55 Å². The molecule has 49 heavy (non-hydrogen) atoms. The molecule has 0 amide bonds. The van der Waals surface area contributed by atoms with Gasteiger partial charge in [0, 0.05) is 38.3 Å². The third-order valence-corrected chi connectivity index (χ3v) is 10.6. The summed E-state index contributed by atoms with van der Waals surface area (Å²) in [6, 6.07) is 49.8. The molecule has 230 valence electrons. The predicted octanol–water partition coefficient (Wildman–Crippen LogP) is 12.2. The van der Waals surface area contributed by atoms with Crippen molar-refractivity contribution in [1.29, 1.82) is 0 Å². The number of anilines is 3. The van der Waals surface area contributed by atoms with Gasteiger partial charge in [0.05, 0.1) is 40.7 Å². The number of nitrogens with zero attached hydrogens (tertiary/aromatic N) is 4. The third-order valence-electron chi connectivity index (χ3n) is 10.6. The van der Waals surface area contributed by atoms with Gasteiger partial charge in [-0.3, -0.25) is 4.98 Å². The standard InChI is InChI=1S/C45H30N4/c1-45(2)37-12-6-5-11-34(37)35-22-20-32(26-38(35)45)48(31-18-16-30(46-3)17-19-31)40-23-24-42-44-36(40)21-15-28-10-8-14-41(43(28)44)49(42)33-25-29-9-4-7-13-39(29)47-27-33/h4-27H,1-2H3. The Hall–Kier alpha value is -6.44. The van der Waals surface area contributed by atoms with Gasteiger partial charge in [-0.25, -0.2) is 4.85 Å². The summed E-state index contributed by atoms with van der Waals surface area (Å²) in [6.07, 6.45) is 1.99. The van der Waals surface area contributed by atoms with E-state index in [0.717, 1.165) is 44.7 Å². The SMILES string of the molecule is [C-]#[N+]c1ccc(N(c2ccc3c(c2)C(C)(C)c2ccccc2-3)c2ccc3c4c2ccc2cccc(c24)n3-c2cnc3ccccc3c2)cc1. The van der Waals surface area contributed by atoms with E-state index in [1.807, 2.05) is 24.4 Å². The van der Waals surface area contributed by atoms with E-state index in [2.05, 4.69) is 149 Å². The number of aromatic nitrogens is 2. The third kappa shape index (κ3) is 3.87. The van der Waals surface area contributed by atoms with Crippen LogP contribution in [0.25, 0.3) is 65.1 Å². The minimum Gasteiger partial charge on any atom is -0.310 e. The highest BCUT2D eigenvalue weighted by atomic mass is 15.1. The molecule has 0 fully saturated rings. The summed E-state index contributed by atoms with van der Waals surface area (Å²) in [5.41, 5.74) is 13.3. The van der Waals surface area contributed by atoms with Gasteiger partial charge in [0.25, 0.3) is 0 Å². The van der Waals surface area contributed by atoms with Crippen molar-refractivity contribution in [1.82, 2.24) is 9.55 Å². The van der Waals surface area contributed by atoms with Crippen LogP contribution >= 0.6 is 0 Å². The van der Waals surface area contributed by atoms with Crippen LogP contribution < -0.4 is 4.90 Å². The topological polar surface area (TPSA) is 25.4 Å². The molecular weight excluding hydrogens is 597 g/mol. The van der Waals surface area contributed by atoms with Gasteiger partial charge in [-0.1, -0.05) is 98.8 Å². The Morgan fingerprint density at radius 2 is 1.39 bits per heavy atom. The maximum atomic E-state index is 7.59.